The molecule has 0 aromatic carbocycles. The van der Waals surface area contributed by atoms with Gasteiger partial charge in [-0.3, -0.25) is 0 Å². The van der Waals surface area contributed by atoms with E-state index in [0.717, 1.165) is 25.7 Å². The monoisotopic (exact) mass is 428 g/mol. The molecule has 0 spiro atoms. The van der Waals surface area contributed by atoms with Gasteiger partial charge in [0.05, 0.1) is 0 Å². The fourth-order valence-electron chi connectivity index (χ4n) is 2.44. The minimum atomic E-state index is -1.93. The van der Waals surface area contributed by atoms with Gasteiger partial charge in [-0.2, -0.15) is 0 Å². The Morgan fingerprint density at radius 1 is 1.35 bits per heavy atom. The zero-order valence-corrected chi connectivity index (χ0v) is 18.1. The number of epoxide rings is 1. The molecule has 0 amide bonds. The van der Waals surface area contributed by atoms with Crippen LogP contribution in [0.5, 0.6) is 0 Å². The normalized spacial score (nSPS) is 23.1. The van der Waals surface area contributed by atoms with Crippen LogP contribution in [0.1, 0.15) is 39.5 Å². The van der Waals surface area contributed by atoms with E-state index in [0.29, 0.717) is 17.6 Å². The molecule has 0 radical (unpaired) electrons. The quantitative estimate of drug-likeness (QED) is 0.176. The van der Waals surface area contributed by atoms with Gasteiger partial charge in [0.25, 0.3) is 0 Å². The number of carboxylic acids is 1. The average Bonchev–Trinajstić information content (AvgIpc) is 3.14. The Hall–Kier alpha value is -0.551. The molecule has 0 saturated carbocycles. The molecule has 1 aliphatic heterocycles. The second kappa shape index (κ2) is 9.07. The first-order valence-corrected chi connectivity index (χ1v) is 18.5. The number of hydrogen-bond donors (Lipinski definition) is 1. The summed E-state index contributed by atoms with van der Waals surface area (Å²) in [6.07, 6.45) is 10.5. The Bertz CT molecular complexity index is 485. The fourth-order valence-corrected chi connectivity index (χ4v) is 5.18. The van der Waals surface area contributed by atoms with Gasteiger partial charge in [-0.25, -0.2) is 4.79 Å². The van der Waals surface area contributed by atoms with Crippen molar-refractivity contribution in [2.45, 2.75) is 66.6 Å². The van der Waals surface area contributed by atoms with E-state index < -0.39 is 24.3 Å². The van der Waals surface area contributed by atoms with Gasteiger partial charge in [-0.15, -0.1) is 0 Å². The van der Waals surface area contributed by atoms with Crippen LogP contribution in [0.25, 0.3) is 0 Å². The number of rotatable bonds is 10. The molecule has 1 N–H and O–H groups in total. The Morgan fingerprint density at radius 3 is 2.57 bits per heavy atom. The van der Waals surface area contributed by atoms with E-state index in [-0.39, 0.29) is 6.10 Å². The van der Waals surface area contributed by atoms with Crippen molar-refractivity contribution in [1.29, 1.82) is 0 Å². The number of carbonyl (C=O) groups is 1. The third kappa shape index (κ3) is 8.20. The summed E-state index contributed by atoms with van der Waals surface area (Å²) in [6, 6.07) is 0. The summed E-state index contributed by atoms with van der Waals surface area (Å²) in [4.78, 5) is 17.9. The van der Waals surface area contributed by atoms with Crippen molar-refractivity contribution in [3.8, 4) is 0 Å². The maximum atomic E-state index is 10.7. The third-order valence-electron chi connectivity index (χ3n) is 4.36. The van der Waals surface area contributed by atoms with Crippen LogP contribution < -0.4 is 0 Å². The van der Waals surface area contributed by atoms with Crippen molar-refractivity contribution in [2.24, 2.45) is 5.92 Å². The van der Waals surface area contributed by atoms with E-state index in [1.165, 1.54) is 3.59 Å². The van der Waals surface area contributed by atoms with Crippen molar-refractivity contribution in [3.05, 3.63) is 34.0 Å². The van der Waals surface area contributed by atoms with E-state index >= 15 is 0 Å². The van der Waals surface area contributed by atoms with Crippen LogP contribution in [-0.4, -0.2) is 41.7 Å². The molecule has 3 atom stereocenters. The van der Waals surface area contributed by atoms with Crippen LogP contribution in [0.3, 0.4) is 0 Å². The van der Waals surface area contributed by atoms with Crippen LogP contribution in [0.2, 0.25) is 14.8 Å². The topological polar surface area (TPSA) is 49.8 Å². The van der Waals surface area contributed by atoms with Gasteiger partial charge in [0.2, 0.25) is 0 Å². The second-order valence-corrected chi connectivity index (χ2v) is 22.6. The predicted molar refractivity (Wildman–Crippen MR) is 99.3 cm³/mol. The first kappa shape index (κ1) is 20.5. The SMILES string of the molecule is C=[C](C[C@H](C)C[C@@H]1O[C@H]1/C=C/CC/C=C(\C)C(=O)O)[Sn]([CH3])([CH3])[CH3]. The summed E-state index contributed by atoms with van der Waals surface area (Å²) in [5, 5.41) is 8.76. The number of allylic oxidation sites excluding steroid dienone is 3. The Labute approximate surface area is 145 Å². The molecule has 0 bridgehead atoms. The Kier molecular flexibility index (Phi) is 8.08. The van der Waals surface area contributed by atoms with Crippen LogP contribution >= 0.6 is 0 Å². The number of carboxylic acid groups (broad SMARTS) is 1. The van der Waals surface area contributed by atoms with E-state index in [1.807, 2.05) is 0 Å². The molecule has 0 aromatic heterocycles. The minimum absolute atomic E-state index is 0.258. The van der Waals surface area contributed by atoms with Crippen molar-refractivity contribution in [1.82, 2.24) is 0 Å². The molecule has 1 fully saturated rings. The Balaban J connectivity index is 2.22. The van der Waals surface area contributed by atoms with Crippen LogP contribution in [0.15, 0.2) is 34.0 Å². The van der Waals surface area contributed by atoms with Crippen LogP contribution in [-0.2, 0) is 9.53 Å². The summed E-state index contributed by atoms with van der Waals surface area (Å²) >= 11 is -1.93. The van der Waals surface area contributed by atoms with Gasteiger partial charge in [-0.05, 0) is 6.92 Å². The van der Waals surface area contributed by atoms with Gasteiger partial charge in [0.1, 0.15) is 0 Å². The second-order valence-electron chi connectivity index (χ2n) is 7.74. The molecule has 1 heterocycles. The van der Waals surface area contributed by atoms with Crippen molar-refractivity contribution in [3.63, 3.8) is 0 Å². The summed E-state index contributed by atoms with van der Waals surface area (Å²) in [6.45, 7) is 8.23. The molecule has 23 heavy (non-hydrogen) atoms. The number of hydrogen-bond acceptors (Lipinski definition) is 2. The van der Waals surface area contributed by atoms with E-state index in [1.54, 1.807) is 13.0 Å². The first-order valence-electron chi connectivity index (χ1n) is 8.51. The third-order valence-corrected chi connectivity index (χ3v) is 11.0. The zero-order chi connectivity index (χ0) is 17.6. The number of ether oxygens (including phenoxy) is 1. The van der Waals surface area contributed by atoms with Gasteiger partial charge >= 0.3 is 129 Å². The number of unbranched alkanes of at least 4 members (excludes halogenated alkanes) is 1. The van der Waals surface area contributed by atoms with Crippen molar-refractivity contribution < 1.29 is 14.6 Å². The van der Waals surface area contributed by atoms with Gasteiger partial charge in [-0.1, -0.05) is 0 Å². The van der Waals surface area contributed by atoms with Crippen LogP contribution in [0, 0.1) is 5.92 Å². The molecular weight excluding hydrogens is 395 g/mol. The van der Waals surface area contributed by atoms with Crippen molar-refractivity contribution in [2.75, 3.05) is 0 Å². The molecular formula is C19H32O3Sn. The van der Waals surface area contributed by atoms with Crippen LogP contribution in [0.4, 0.5) is 0 Å². The molecule has 1 saturated heterocycles. The predicted octanol–water partition coefficient (Wildman–Crippen LogP) is 4.97. The molecule has 3 nitrogen and oxygen atoms in total. The summed E-state index contributed by atoms with van der Waals surface area (Å²) in [5.74, 6) is -0.196. The molecule has 0 unspecified atom stereocenters. The molecule has 0 aliphatic carbocycles. The molecule has 1 rings (SSSR count). The standard InChI is InChI=1S/C16H23O3.3CH3.Sn/c1-4-8-12(2)11-15-14(19-15)10-7-5-6-9-13(3)16(17)18;;;;/h7,9-10,12,14-15H,1,5-6,8,11H2,2-3H3,(H,17,18);3*1H3;/b10-7+,13-9+;;;;/t12-,14-,15-;;;;/m0..../s1. The molecule has 0 aromatic rings. The summed E-state index contributed by atoms with van der Waals surface area (Å²) in [7, 11) is 0. The molecule has 130 valence electrons. The molecule has 1 aliphatic rings. The summed E-state index contributed by atoms with van der Waals surface area (Å²) < 4.78 is 7.23. The zero-order valence-electron chi connectivity index (χ0n) is 15.3. The van der Waals surface area contributed by atoms with E-state index in [9.17, 15) is 4.79 Å². The first-order chi connectivity index (χ1) is 10.6. The van der Waals surface area contributed by atoms with Gasteiger partial charge in [0.15, 0.2) is 0 Å². The Morgan fingerprint density at radius 2 is 2.00 bits per heavy atom. The van der Waals surface area contributed by atoms with Gasteiger partial charge in [0, 0.05) is 0 Å². The fraction of sp³-hybridized carbons (Fsp3) is 0.632. The average molecular weight is 427 g/mol. The van der Waals surface area contributed by atoms with Gasteiger partial charge < -0.3 is 5.11 Å². The maximum absolute atomic E-state index is 10.7. The molecule has 4 heteroatoms. The van der Waals surface area contributed by atoms with E-state index in [2.05, 4.69) is 40.5 Å². The van der Waals surface area contributed by atoms with Crippen molar-refractivity contribution >= 4 is 24.3 Å². The van der Waals surface area contributed by atoms with E-state index in [4.69, 9.17) is 9.84 Å². The summed E-state index contributed by atoms with van der Waals surface area (Å²) in [5.41, 5.74) is 0.414. The number of aliphatic carboxylic acids is 1.